The van der Waals surface area contributed by atoms with E-state index in [1.165, 1.54) is 22.3 Å². The average molecular weight is 450 g/mol. The molecular weight excluding hydrogens is 422 g/mol. The molecule has 0 radical (unpaired) electrons. The van der Waals surface area contributed by atoms with Crippen molar-refractivity contribution in [2.24, 2.45) is 0 Å². The Hall–Kier alpha value is -4.62. The van der Waals surface area contributed by atoms with Crippen molar-refractivity contribution in [3.05, 3.63) is 162 Å². The summed E-state index contributed by atoms with van der Waals surface area (Å²) < 4.78 is 0. The molecule has 1 nitrogen and oxygen atoms in total. The molecule has 35 heavy (non-hydrogen) atoms. The van der Waals surface area contributed by atoms with Crippen LogP contribution in [0.3, 0.4) is 0 Å². The van der Waals surface area contributed by atoms with Gasteiger partial charge in [0.1, 0.15) is 0 Å². The van der Waals surface area contributed by atoms with Crippen LogP contribution in [0.5, 0.6) is 0 Å². The first kappa shape index (κ1) is 22.2. The van der Waals surface area contributed by atoms with Crippen molar-refractivity contribution < 1.29 is 0 Å². The number of hydrogen-bond acceptors (Lipinski definition) is 1. The Morgan fingerprint density at radius 1 is 0.286 bits per heavy atom. The monoisotopic (exact) mass is 449 g/mol. The normalized spacial score (nSPS) is 11.2. The fourth-order valence-corrected chi connectivity index (χ4v) is 4.01. The van der Waals surface area contributed by atoms with E-state index in [1.807, 2.05) is 12.1 Å². The molecule has 168 valence electrons. The van der Waals surface area contributed by atoms with Crippen LogP contribution in [0.2, 0.25) is 0 Å². The number of rotatable bonds is 7. The highest BCUT2D eigenvalue weighted by molar-refractivity contribution is 5.79. The Labute approximate surface area is 208 Å². The van der Waals surface area contributed by atoms with Gasteiger partial charge in [0.2, 0.25) is 0 Å². The van der Waals surface area contributed by atoms with Gasteiger partial charge >= 0.3 is 0 Å². The Morgan fingerprint density at radius 3 is 0.943 bits per heavy atom. The fourth-order valence-electron chi connectivity index (χ4n) is 4.01. The molecule has 0 heterocycles. The number of para-hydroxylation sites is 1. The molecule has 0 N–H and O–H groups in total. The van der Waals surface area contributed by atoms with Crippen LogP contribution in [0.1, 0.15) is 22.3 Å². The molecule has 0 aliphatic carbocycles. The molecule has 0 saturated carbocycles. The van der Waals surface area contributed by atoms with Crippen LogP contribution in [-0.4, -0.2) is 0 Å². The molecule has 1 heteroatoms. The van der Waals surface area contributed by atoms with E-state index in [-0.39, 0.29) is 0 Å². The summed E-state index contributed by atoms with van der Waals surface area (Å²) in [6, 6.07) is 48.7. The van der Waals surface area contributed by atoms with E-state index in [9.17, 15) is 0 Å². The van der Waals surface area contributed by atoms with E-state index in [1.54, 1.807) is 0 Å². The van der Waals surface area contributed by atoms with E-state index in [0.29, 0.717) is 0 Å². The zero-order chi connectivity index (χ0) is 23.7. The maximum absolute atomic E-state index is 2.29. The lowest BCUT2D eigenvalue weighted by Gasteiger charge is -2.25. The Kier molecular flexibility index (Phi) is 6.97. The van der Waals surface area contributed by atoms with Crippen LogP contribution < -0.4 is 4.90 Å². The second-order valence-electron chi connectivity index (χ2n) is 8.34. The molecular formula is C34H27N. The molecule has 0 unspecified atom stereocenters. The molecule has 0 aliphatic rings. The van der Waals surface area contributed by atoms with E-state index >= 15 is 0 Å². The van der Waals surface area contributed by atoms with Crippen molar-refractivity contribution in [2.45, 2.75) is 0 Å². The van der Waals surface area contributed by atoms with Crippen LogP contribution in [0.15, 0.2) is 140 Å². The van der Waals surface area contributed by atoms with Gasteiger partial charge in [-0.1, -0.05) is 127 Å². The zero-order valence-corrected chi connectivity index (χ0v) is 19.5. The SMILES string of the molecule is C(=Cc1ccc(N(c2ccccc2)c2ccc(C=Cc3ccccc3)cc2)cc1)c1ccccc1. The molecule has 0 amide bonds. The standard InChI is InChI=1S/C34H27N/c1-4-10-28(11-5-1)16-18-30-20-24-33(25-21-30)35(32-14-8-3-9-15-32)34-26-22-31(23-27-34)19-17-29-12-6-2-7-13-29/h1-27H. The summed E-state index contributed by atoms with van der Waals surface area (Å²) in [5, 5.41) is 0. The molecule has 0 spiro atoms. The highest BCUT2D eigenvalue weighted by Gasteiger charge is 2.11. The topological polar surface area (TPSA) is 3.24 Å². The Morgan fingerprint density at radius 2 is 0.571 bits per heavy atom. The van der Waals surface area contributed by atoms with Gasteiger partial charge in [0, 0.05) is 17.1 Å². The third kappa shape index (κ3) is 5.85. The van der Waals surface area contributed by atoms with E-state index in [2.05, 4.69) is 157 Å². The van der Waals surface area contributed by atoms with Crippen LogP contribution >= 0.6 is 0 Å². The molecule has 5 rings (SSSR count). The molecule has 0 bridgehead atoms. The maximum Gasteiger partial charge on any atom is 0.0462 e. The quantitative estimate of drug-likeness (QED) is 0.224. The molecule has 5 aromatic carbocycles. The van der Waals surface area contributed by atoms with Crippen molar-refractivity contribution in [3.8, 4) is 0 Å². The average Bonchev–Trinajstić information content (AvgIpc) is 2.94. The smallest absolute Gasteiger partial charge is 0.0462 e. The minimum Gasteiger partial charge on any atom is -0.311 e. The lowest BCUT2D eigenvalue weighted by molar-refractivity contribution is 1.28. The van der Waals surface area contributed by atoms with Gasteiger partial charge in [-0.25, -0.2) is 0 Å². The highest BCUT2D eigenvalue weighted by atomic mass is 15.1. The summed E-state index contributed by atoms with van der Waals surface area (Å²) >= 11 is 0. The minimum atomic E-state index is 1.13. The second kappa shape index (κ2) is 11.0. The van der Waals surface area contributed by atoms with Crippen LogP contribution in [0, 0.1) is 0 Å². The van der Waals surface area contributed by atoms with E-state index < -0.39 is 0 Å². The van der Waals surface area contributed by atoms with E-state index in [0.717, 1.165) is 17.1 Å². The summed E-state index contributed by atoms with van der Waals surface area (Å²) in [6.45, 7) is 0. The molecule has 0 fully saturated rings. The third-order valence-electron chi connectivity index (χ3n) is 5.85. The minimum absolute atomic E-state index is 1.13. The van der Waals surface area contributed by atoms with Gasteiger partial charge in [-0.3, -0.25) is 0 Å². The maximum atomic E-state index is 2.29. The van der Waals surface area contributed by atoms with Gasteiger partial charge < -0.3 is 4.90 Å². The van der Waals surface area contributed by atoms with Gasteiger partial charge in [0.15, 0.2) is 0 Å². The Balaban J connectivity index is 1.40. The predicted molar refractivity (Wildman–Crippen MR) is 152 cm³/mol. The van der Waals surface area contributed by atoms with Gasteiger partial charge in [0.25, 0.3) is 0 Å². The number of anilines is 3. The van der Waals surface area contributed by atoms with Gasteiger partial charge in [-0.15, -0.1) is 0 Å². The lowest BCUT2D eigenvalue weighted by Crippen LogP contribution is -2.09. The molecule has 0 atom stereocenters. The van der Waals surface area contributed by atoms with Gasteiger partial charge in [-0.05, 0) is 58.7 Å². The summed E-state index contributed by atoms with van der Waals surface area (Å²) in [7, 11) is 0. The Bertz CT molecular complexity index is 1290. The third-order valence-corrected chi connectivity index (χ3v) is 5.85. The summed E-state index contributed by atoms with van der Waals surface area (Å²) in [6.07, 6.45) is 8.59. The zero-order valence-electron chi connectivity index (χ0n) is 19.5. The summed E-state index contributed by atoms with van der Waals surface area (Å²) in [5.74, 6) is 0. The fraction of sp³-hybridized carbons (Fsp3) is 0. The van der Waals surface area contributed by atoms with Crippen molar-refractivity contribution in [1.82, 2.24) is 0 Å². The second-order valence-corrected chi connectivity index (χ2v) is 8.34. The van der Waals surface area contributed by atoms with Crippen molar-refractivity contribution in [3.63, 3.8) is 0 Å². The van der Waals surface area contributed by atoms with Crippen molar-refractivity contribution in [2.75, 3.05) is 4.90 Å². The van der Waals surface area contributed by atoms with Gasteiger partial charge in [0.05, 0.1) is 0 Å². The first-order chi connectivity index (χ1) is 17.3. The summed E-state index contributed by atoms with van der Waals surface area (Å²) in [4.78, 5) is 2.29. The van der Waals surface area contributed by atoms with Crippen molar-refractivity contribution in [1.29, 1.82) is 0 Å². The lowest BCUT2D eigenvalue weighted by atomic mass is 10.1. The number of benzene rings is 5. The first-order valence-corrected chi connectivity index (χ1v) is 11.9. The predicted octanol–water partition coefficient (Wildman–Crippen LogP) is 9.50. The van der Waals surface area contributed by atoms with Crippen molar-refractivity contribution >= 4 is 41.4 Å². The largest absolute Gasteiger partial charge is 0.311 e. The van der Waals surface area contributed by atoms with Gasteiger partial charge in [-0.2, -0.15) is 0 Å². The first-order valence-electron chi connectivity index (χ1n) is 11.9. The molecule has 5 aromatic rings. The highest BCUT2D eigenvalue weighted by Crippen LogP contribution is 2.34. The van der Waals surface area contributed by atoms with E-state index in [4.69, 9.17) is 0 Å². The van der Waals surface area contributed by atoms with Crippen LogP contribution in [-0.2, 0) is 0 Å². The molecule has 0 saturated heterocycles. The molecule has 0 aromatic heterocycles. The summed E-state index contributed by atoms with van der Waals surface area (Å²) in [5.41, 5.74) is 8.13. The van der Waals surface area contributed by atoms with Crippen LogP contribution in [0.4, 0.5) is 17.1 Å². The molecule has 0 aliphatic heterocycles. The number of nitrogens with zero attached hydrogens (tertiary/aromatic N) is 1. The number of hydrogen-bond donors (Lipinski definition) is 0. The van der Waals surface area contributed by atoms with Crippen LogP contribution in [0.25, 0.3) is 24.3 Å².